The molecule has 116 valence electrons. The molecule has 1 N–H and O–H groups in total. The van der Waals surface area contributed by atoms with Crippen molar-refractivity contribution in [2.24, 2.45) is 5.92 Å². The molecule has 1 rings (SSSR count). The minimum absolute atomic E-state index is 0.151. The second kappa shape index (κ2) is 8.67. The monoisotopic (exact) mass is 357 g/mol. The van der Waals surface area contributed by atoms with Crippen LogP contribution < -0.4 is 10.1 Å². The van der Waals surface area contributed by atoms with Gasteiger partial charge < -0.3 is 14.8 Å². The van der Waals surface area contributed by atoms with E-state index in [1.165, 1.54) is 7.11 Å². The smallest absolute Gasteiger partial charge is 0.328 e. The fourth-order valence-corrected chi connectivity index (χ4v) is 2.15. The predicted octanol–water partition coefficient (Wildman–Crippen LogP) is 2.53. The Hall–Kier alpha value is -1.56. The molecular formula is C15H20BrNO4. The Morgan fingerprint density at radius 2 is 2.05 bits per heavy atom. The van der Waals surface area contributed by atoms with Crippen molar-refractivity contribution in [2.45, 2.75) is 26.3 Å². The number of carbonyl (C=O) groups excluding carboxylic acids is 2. The summed E-state index contributed by atoms with van der Waals surface area (Å²) in [6, 6.07) is 6.55. The number of hydrogen-bond donors (Lipinski definition) is 1. The van der Waals surface area contributed by atoms with Crippen LogP contribution in [0.1, 0.15) is 20.3 Å². The van der Waals surface area contributed by atoms with E-state index in [4.69, 9.17) is 9.47 Å². The van der Waals surface area contributed by atoms with Gasteiger partial charge in [0.15, 0.2) is 6.61 Å². The van der Waals surface area contributed by atoms with Gasteiger partial charge in [-0.3, -0.25) is 4.79 Å². The number of rotatable bonds is 7. The second-order valence-electron chi connectivity index (χ2n) is 5.02. The zero-order chi connectivity index (χ0) is 15.8. The lowest BCUT2D eigenvalue weighted by Gasteiger charge is -2.18. The molecule has 0 saturated carbocycles. The van der Waals surface area contributed by atoms with Gasteiger partial charge in [0, 0.05) is 4.47 Å². The molecule has 0 aromatic heterocycles. The van der Waals surface area contributed by atoms with Crippen molar-refractivity contribution in [3.05, 3.63) is 28.7 Å². The molecule has 0 fully saturated rings. The third-order valence-electron chi connectivity index (χ3n) is 2.69. The summed E-state index contributed by atoms with van der Waals surface area (Å²) < 4.78 is 10.9. The lowest BCUT2D eigenvalue weighted by Crippen LogP contribution is -2.44. The first-order chi connectivity index (χ1) is 9.92. The molecule has 21 heavy (non-hydrogen) atoms. The zero-order valence-electron chi connectivity index (χ0n) is 12.4. The molecule has 0 radical (unpaired) electrons. The first kappa shape index (κ1) is 17.5. The first-order valence-corrected chi connectivity index (χ1v) is 7.47. The number of esters is 1. The van der Waals surface area contributed by atoms with Crippen LogP contribution in [-0.2, 0) is 14.3 Å². The first-order valence-electron chi connectivity index (χ1n) is 6.68. The van der Waals surface area contributed by atoms with Crippen LogP contribution in [0.5, 0.6) is 5.75 Å². The second-order valence-corrected chi connectivity index (χ2v) is 5.93. The zero-order valence-corrected chi connectivity index (χ0v) is 14.0. The van der Waals surface area contributed by atoms with Crippen LogP contribution in [0.4, 0.5) is 0 Å². The lowest BCUT2D eigenvalue weighted by molar-refractivity contribution is -0.145. The molecule has 0 spiro atoms. The van der Waals surface area contributed by atoms with E-state index in [1.54, 1.807) is 12.1 Å². The van der Waals surface area contributed by atoms with Crippen molar-refractivity contribution >= 4 is 27.8 Å². The maximum Gasteiger partial charge on any atom is 0.328 e. The molecule has 1 aromatic carbocycles. The third kappa shape index (κ3) is 6.62. The summed E-state index contributed by atoms with van der Waals surface area (Å²) in [5.74, 6) is 0.0453. The Kier molecular flexibility index (Phi) is 7.22. The van der Waals surface area contributed by atoms with Gasteiger partial charge in [0.05, 0.1) is 7.11 Å². The third-order valence-corrected chi connectivity index (χ3v) is 3.19. The van der Waals surface area contributed by atoms with Crippen LogP contribution in [0, 0.1) is 5.92 Å². The Balaban J connectivity index is 2.51. The van der Waals surface area contributed by atoms with E-state index >= 15 is 0 Å². The minimum Gasteiger partial charge on any atom is -0.484 e. The van der Waals surface area contributed by atoms with Gasteiger partial charge in [-0.25, -0.2) is 4.79 Å². The number of amides is 1. The molecule has 0 bridgehead atoms. The van der Waals surface area contributed by atoms with E-state index in [0.29, 0.717) is 12.2 Å². The minimum atomic E-state index is -0.645. The highest BCUT2D eigenvalue weighted by Crippen LogP contribution is 2.17. The number of nitrogens with one attached hydrogen (secondary N) is 1. The average molecular weight is 358 g/mol. The van der Waals surface area contributed by atoms with E-state index in [0.717, 1.165) is 4.47 Å². The molecule has 1 unspecified atom stereocenters. The van der Waals surface area contributed by atoms with Gasteiger partial charge in [-0.1, -0.05) is 35.8 Å². The molecule has 1 atom stereocenters. The van der Waals surface area contributed by atoms with E-state index in [2.05, 4.69) is 21.2 Å². The van der Waals surface area contributed by atoms with Crippen LogP contribution in [0.15, 0.2) is 28.7 Å². The molecule has 0 aliphatic carbocycles. The van der Waals surface area contributed by atoms with Gasteiger partial charge in [-0.2, -0.15) is 0 Å². The Morgan fingerprint density at radius 1 is 1.33 bits per heavy atom. The number of benzene rings is 1. The van der Waals surface area contributed by atoms with E-state index < -0.39 is 12.0 Å². The number of halogens is 1. The van der Waals surface area contributed by atoms with Gasteiger partial charge >= 0.3 is 5.97 Å². The van der Waals surface area contributed by atoms with Gasteiger partial charge in [0.1, 0.15) is 11.8 Å². The fourth-order valence-electron chi connectivity index (χ4n) is 1.77. The van der Waals surface area contributed by atoms with Gasteiger partial charge in [-0.05, 0) is 30.5 Å². The normalized spacial score (nSPS) is 11.9. The topological polar surface area (TPSA) is 64.6 Å². The summed E-state index contributed by atoms with van der Waals surface area (Å²) in [7, 11) is 1.31. The van der Waals surface area contributed by atoms with Gasteiger partial charge in [0.2, 0.25) is 0 Å². The quantitative estimate of drug-likeness (QED) is 0.761. The maximum absolute atomic E-state index is 11.9. The fraction of sp³-hybridized carbons (Fsp3) is 0.467. The number of carbonyl (C=O) groups is 2. The van der Waals surface area contributed by atoms with Crippen LogP contribution in [0.2, 0.25) is 0 Å². The summed E-state index contributed by atoms with van der Waals surface area (Å²) in [4.78, 5) is 23.5. The Labute approximate surface area is 133 Å². The standard InChI is InChI=1S/C15H20BrNO4/c1-10(2)7-13(15(19)20-3)17-14(18)9-21-12-6-4-5-11(16)8-12/h4-6,8,10,13H,7,9H2,1-3H3,(H,17,18). The number of methoxy groups -OCH3 is 1. The van der Waals surface area contributed by atoms with Gasteiger partial charge in [0.25, 0.3) is 5.91 Å². The largest absolute Gasteiger partial charge is 0.484 e. The molecule has 0 saturated heterocycles. The summed E-state index contributed by atoms with van der Waals surface area (Å²) >= 11 is 3.32. The van der Waals surface area contributed by atoms with Crippen molar-refractivity contribution in [3.8, 4) is 5.75 Å². The Bertz CT molecular complexity index is 490. The maximum atomic E-state index is 11.9. The molecule has 0 aliphatic heterocycles. The van der Waals surface area contributed by atoms with Gasteiger partial charge in [-0.15, -0.1) is 0 Å². The van der Waals surface area contributed by atoms with Crippen molar-refractivity contribution in [1.82, 2.24) is 5.32 Å². The van der Waals surface area contributed by atoms with Crippen LogP contribution in [-0.4, -0.2) is 31.6 Å². The van der Waals surface area contributed by atoms with Crippen molar-refractivity contribution < 1.29 is 19.1 Å². The highest BCUT2D eigenvalue weighted by atomic mass is 79.9. The number of hydrogen-bond acceptors (Lipinski definition) is 4. The van der Waals surface area contributed by atoms with Crippen molar-refractivity contribution in [2.75, 3.05) is 13.7 Å². The highest BCUT2D eigenvalue weighted by molar-refractivity contribution is 9.10. The molecule has 1 aromatic rings. The van der Waals surface area contributed by atoms with Crippen LogP contribution in [0.3, 0.4) is 0 Å². The van der Waals surface area contributed by atoms with E-state index in [1.807, 2.05) is 26.0 Å². The van der Waals surface area contributed by atoms with Crippen molar-refractivity contribution in [1.29, 1.82) is 0 Å². The summed E-state index contributed by atoms with van der Waals surface area (Å²) in [6.07, 6.45) is 0.523. The molecule has 5 nitrogen and oxygen atoms in total. The molecule has 6 heteroatoms. The highest BCUT2D eigenvalue weighted by Gasteiger charge is 2.22. The summed E-state index contributed by atoms with van der Waals surface area (Å²) in [5.41, 5.74) is 0. The Morgan fingerprint density at radius 3 is 2.62 bits per heavy atom. The predicted molar refractivity (Wildman–Crippen MR) is 83.0 cm³/mol. The molecule has 1 amide bonds. The summed E-state index contributed by atoms with van der Waals surface area (Å²) in [5, 5.41) is 2.63. The van der Waals surface area contributed by atoms with Crippen molar-refractivity contribution in [3.63, 3.8) is 0 Å². The molecule has 0 heterocycles. The number of ether oxygens (including phenoxy) is 2. The van der Waals surface area contributed by atoms with Crippen LogP contribution >= 0.6 is 15.9 Å². The molecule has 0 aliphatic rings. The van der Waals surface area contributed by atoms with E-state index in [-0.39, 0.29) is 18.4 Å². The molecular weight excluding hydrogens is 338 g/mol. The lowest BCUT2D eigenvalue weighted by atomic mass is 10.0. The van der Waals surface area contributed by atoms with Crippen LogP contribution in [0.25, 0.3) is 0 Å². The average Bonchev–Trinajstić information content (AvgIpc) is 2.43. The van der Waals surface area contributed by atoms with E-state index in [9.17, 15) is 9.59 Å². The summed E-state index contributed by atoms with van der Waals surface area (Å²) in [6.45, 7) is 3.79. The SMILES string of the molecule is COC(=O)C(CC(C)C)NC(=O)COc1cccc(Br)c1.